The summed E-state index contributed by atoms with van der Waals surface area (Å²) in [5.41, 5.74) is 2.76. The Morgan fingerprint density at radius 2 is 1.38 bits per heavy atom. The molecule has 7 heteroatoms. The van der Waals surface area contributed by atoms with Gasteiger partial charge in [-0.3, -0.25) is 9.69 Å². The molecule has 0 saturated carbocycles. The molecule has 34 heavy (non-hydrogen) atoms. The molecule has 0 atom stereocenters. The number of rotatable bonds is 8. The molecule has 1 fully saturated rings. The van der Waals surface area contributed by atoms with E-state index in [0.29, 0.717) is 24.3 Å². The lowest BCUT2D eigenvalue weighted by Gasteiger charge is -2.39. The zero-order valence-corrected chi connectivity index (χ0v) is 20.1. The molecule has 7 nitrogen and oxygen atoms in total. The highest BCUT2D eigenvalue weighted by Gasteiger charge is 2.27. The van der Waals surface area contributed by atoms with Gasteiger partial charge in [-0.25, -0.2) is 9.59 Å². The Morgan fingerprint density at radius 1 is 0.882 bits per heavy atom. The number of carboxylic acid groups (broad SMARTS) is 2. The van der Waals surface area contributed by atoms with Crippen molar-refractivity contribution in [2.45, 2.75) is 52.1 Å². The fourth-order valence-corrected chi connectivity index (χ4v) is 4.08. The van der Waals surface area contributed by atoms with Gasteiger partial charge in [-0.05, 0) is 36.3 Å². The van der Waals surface area contributed by atoms with Gasteiger partial charge >= 0.3 is 11.9 Å². The lowest BCUT2D eigenvalue weighted by Crippen LogP contribution is -2.47. The third kappa shape index (κ3) is 9.75. The van der Waals surface area contributed by atoms with Crippen molar-refractivity contribution in [1.29, 1.82) is 0 Å². The van der Waals surface area contributed by atoms with Crippen molar-refractivity contribution >= 4 is 17.8 Å². The Labute approximate surface area is 202 Å². The monoisotopic (exact) mass is 468 g/mol. The number of benzene rings is 2. The third-order valence-electron chi connectivity index (χ3n) is 5.86. The Kier molecular flexibility index (Phi) is 11.3. The first-order valence-electron chi connectivity index (χ1n) is 11.8. The highest BCUT2D eigenvalue weighted by atomic mass is 16.4. The van der Waals surface area contributed by atoms with Gasteiger partial charge in [0.1, 0.15) is 0 Å². The van der Waals surface area contributed by atoms with Crippen LogP contribution in [0.4, 0.5) is 0 Å². The summed E-state index contributed by atoms with van der Waals surface area (Å²) < 4.78 is 0. The number of nitrogens with zero attached hydrogens (tertiary/aromatic N) is 2. The normalized spacial score (nSPS) is 13.9. The van der Waals surface area contributed by atoms with Gasteiger partial charge in [-0.1, -0.05) is 74.5 Å². The molecular formula is C27H36N2O5. The molecule has 1 aliphatic rings. The predicted octanol–water partition coefficient (Wildman–Crippen LogP) is 3.92. The number of carboxylic acids is 2. The molecule has 0 aliphatic carbocycles. The molecular weight excluding hydrogens is 432 g/mol. The number of carbonyl (C=O) groups is 3. The highest BCUT2D eigenvalue weighted by Crippen LogP contribution is 2.21. The second-order valence-corrected chi connectivity index (χ2v) is 9.01. The van der Waals surface area contributed by atoms with Crippen LogP contribution in [0.25, 0.3) is 0 Å². The summed E-state index contributed by atoms with van der Waals surface area (Å²) in [5.74, 6) is -2.89. The van der Waals surface area contributed by atoms with Gasteiger partial charge in [0.2, 0.25) is 5.91 Å². The minimum atomic E-state index is -1.82. The van der Waals surface area contributed by atoms with E-state index < -0.39 is 11.9 Å². The van der Waals surface area contributed by atoms with Gasteiger partial charge in [0.25, 0.3) is 0 Å². The largest absolute Gasteiger partial charge is 0.473 e. The van der Waals surface area contributed by atoms with Gasteiger partial charge in [0.05, 0.1) is 0 Å². The van der Waals surface area contributed by atoms with Crippen LogP contribution in [0.1, 0.15) is 44.2 Å². The van der Waals surface area contributed by atoms with Crippen LogP contribution in [-0.4, -0.2) is 63.5 Å². The maximum atomic E-state index is 12.4. The first-order chi connectivity index (χ1) is 16.3. The molecule has 0 aromatic heterocycles. The SMILES string of the molecule is CC(C)CC(=O)N1CCC(N(CCc2ccccc2)Cc2ccccc2)CC1.O=C(O)C(=O)O. The molecule has 0 spiro atoms. The smallest absolute Gasteiger partial charge is 0.414 e. The van der Waals surface area contributed by atoms with Gasteiger partial charge < -0.3 is 15.1 Å². The third-order valence-corrected chi connectivity index (χ3v) is 5.86. The topological polar surface area (TPSA) is 98.2 Å². The second-order valence-electron chi connectivity index (χ2n) is 9.01. The standard InChI is InChI=1S/C25H34N2O.C2H2O4/c1-21(2)19-25(28)26-17-14-24(15-18-26)27(20-23-11-7-4-8-12-23)16-13-22-9-5-3-6-10-22;3-1(4)2(5)6/h3-12,21,24H,13-20H2,1-2H3;(H,3,4)(H,5,6). The summed E-state index contributed by atoms with van der Waals surface area (Å²) in [4.78, 5) is 35.3. The fourth-order valence-electron chi connectivity index (χ4n) is 4.08. The predicted molar refractivity (Wildman–Crippen MR) is 131 cm³/mol. The van der Waals surface area contributed by atoms with Crippen LogP contribution in [0.3, 0.4) is 0 Å². The van der Waals surface area contributed by atoms with E-state index in [1.165, 1.54) is 11.1 Å². The lowest BCUT2D eigenvalue weighted by molar-refractivity contribution is -0.159. The summed E-state index contributed by atoms with van der Waals surface area (Å²) in [6.07, 6.45) is 3.89. The van der Waals surface area contributed by atoms with Crippen molar-refractivity contribution in [2.24, 2.45) is 5.92 Å². The first-order valence-corrected chi connectivity index (χ1v) is 11.8. The molecule has 1 saturated heterocycles. The molecule has 3 rings (SSSR count). The van der Waals surface area contributed by atoms with E-state index in [-0.39, 0.29) is 0 Å². The van der Waals surface area contributed by atoms with E-state index in [4.69, 9.17) is 19.8 Å². The number of piperidine rings is 1. The maximum Gasteiger partial charge on any atom is 0.414 e. The molecule has 1 amide bonds. The zero-order chi connectivity index (χ0) is 24.9. The maximum absolute atomic E-state index is 12.4. The molecule has 2 N–H and O–H groups in total. The molecule has 1 heterocycles. The Morgan fingerprint density at radius 3 is 1.85 bits per heavy atom. The van der Waals surface area contributed by atoms with E-state index in [2.05, 4.69) is 84.3 Å². The minimum Gasteiger partial charge on any atom is -0.473 e. The summed E-state index contributed by atoms with van der Waals surface area (Å²) >= 11 is 0. The van der Waals surface area contributed by atoms with Gasteiger partial charge in [-0.2, -0.15) is 0 Å². The molecule has 2 aromatic carbocycles. The van der Waals surface area contributed by atoms with Crippen LogP contribution in [0.5, 0.6) is 0 Å². The van der Waals surface area contributed by atoms with Crippen molar-refractivity contribution in [3.63, 3.8) is 0 Å². The van der Waals surface area contributed by atoms with Crippen LogP contribution in [0, 0.1) is 5.92 Å². The zero-order valence-electron chi connectivity index (χ0n) is 20.1. The Bertz CT molecular complexity index is 882. The van der Waals surface area contributed by atoms with Crippen molar-refractivity contribution in [3.05, 3.63) is 71.8 Å². The van der Waals surface area contributed by atoms with Crippen LogP contribution < -0.4 is 0 Å². The van der Waals surface area contributed by atoms with E-state index in [1.807, 2.05) is 0 Å². The van der Waals surface area contributed by atoms with Crippen LogP contribution in [-0.2, 0) is 27.3 Å². The van der Waals surface area contributed by atoms with Crippen molar-refractivity contribution in [3.8, 4) is 0 Å². The summed E-state index contributed by atoms with van der Waals surface area (Å²) in [6, 6.07) is 22.1. The lowest BCUT2D eigenvalue weighted by atomic mass is 10.00. The van der Waals surface area contributed by atoms with Crippen LogP contribution in [0.2, 0.25) is 0 Å². The molecule has 0 radical (unpaired) electrons. The molecule has 2 aromatic rings. The van der Waals surface area contributed by atoms with Crippen molar-refractivity contribution < 1.29 is 24.6 Å². The number of likely N-dealkylation sites (tertiary alicyclic amines) is 1. The number of aliphatic carboxylic acids is 2. The van der Waals surface area contributed by atoms with Crippen molar-refractivity contribution in [2.75, 3.05) is 19.6 Å². The van der Waals surface area contributed by atoms with Gasteiger partial charge in [0.15, 0.2) is 0 Å². The van der Waals surface area contributed by atoms with Crippen LogP contribution >= 0.6 is 0 Å². The summed E-state index contributed by atoms with van der Waals surface area (Å²) in [5, 5.41) is 14.8. The Hall–Kier alpha value is -3.19. The number of carbonyl (C=O) groups excluding carboxylic acids is 1. The van der Waals surface area contributed by atoms with Gasteiger partial charge in [0, 0.05) is 38.6 Å². The number of hydrogen-bond acceptors (Lipinski definition) is 4. The van der Waals surface area contributed by atoms with Crippen molar-refractivity contribution in [1.82, 2.24) is 9.80 Å². The highest BCUT2D eigenvalue weighted by molar-refractivity contribution is 6.27. The fraction of sp³-hybridized carbons (Fsp3) is 0.444. The molecule has 184 valence electrons. The van der Waals surface area contributed by atoms with Crippen LogP contribution in [0.15, 0.2) is 60.7 Å². The van der Waals surface area contributed by atoms with E-state index in [0.717, 1.165) is 45.4 Å². The van der Waals surface area contributed by atoms with E-state index in [1.54, 1.807) is 0 Å². The van der Waals surface area contributed by atoms with E-state index in [9.17, 15) is 4.79 Å². The number of hydrogen-bond donors (Lipinski definition) is 2. The minimum absolute atomic E-state index is 0.326. The second kappa shape index (κ2) is 14.2. The molecule has 0 bridgehead atoms. The molecule has 1 aliphatic heterocycles. The Balaban J connectivity index is 0.000000604. The van der Waals surface area contributed by atoms with E-state index >= 15 is 0 Å². The quantitative estimate of drug-likeness (QED) is 0.570. The summed E-state index contributed by atoms with van der Waals surface area (Å²) in [6.45, 7) is 8.08. The number of amides is 1. The first kappa shape index (κ1) is 27.1. The van der Waals surface area contributed by atoms with Gasteiger partial charge in [-0.15, -0.1) is 0 Å². The molecule has 0 unspecified atom stereocenters. The average molecular weight is 469 g/mol. The summed E-state index contributed by atoms with van der Waals surface area (Å²) in [7, 11) is 0. The average Bonchev–Trinajstić information content (AvgIpc) is 2.83.